The number of halogens is 1. The summed E-state index contributed by atoms with van der Waals surface area (Å²) in [6.45, 7) is 3.41. The molecule has 1 aliphatic heterocycles. The molecule has 1 aromatic heterocycles. The van der Waals surface area contributed by atoms with Crippen LogP contribution in [0.5, 0.6) is 5.75 Å². The van der Waals surface area contributed by atoms with Crippen LogP contribution in [-0.4, -0.2) is 34.0 Å². The Morgan fingerprint density at radius 3 is 2.95 bits per heavy atom. The van der Waals surface area contributed by atoms with Gasteiger partial charge in [-0.3, -0.25) is 4.79 Å². The second-order valence-electron chi connectivity index (χ2n) is 5.30. The molecule has 22 heavy (non-hydrogen) atoms. The molecule has 0 fully saturated rings. The summed E-state index contributed by atoms with van der Waals surface area (Å²) in [6.07, 6.45) is 3.77. The average Bonchev–Trinajstić information content (AvgIpc) is 3.06. The lowest BCUT2D eigenvalue weighted by Gasteiger charge is -2.15. The van der Waals surface area contributed by atoms with E-state index in [0.29, 0.717) is 23.3 Å². The molecule has 0 spiro atoms. The Morgan fingerprint density at radius 2 is 2.23 bits per heavy atom. The first-order valence-electron chi connectivity index (χ1n) is 7.34. The van der Waals surface area contributed by atoms with Crippen molar-refractivity contribution < 1.29 is 9.53 Å². The summed E-state index contributed by atoms with van der Waals surface area (Å²) in [5.41, 5.74) is 1.76. The van der Waals surface area contributed by atoms with Crippen molar-refractivity contribution in [2.24, 2.45) is 0 Å². The molecule has 0 aliphatic carbocycles. The van der Waals surface area contributed by atoms with Crippen LogP contribution in [0, 0.1) is 0 Å². The summed E-state index contributed by atoms with van der Waals surface area (Å²) >= 11 is 6.01. The number of nitrogens with zero attached hydrogens (tertiary/aromatic N) is 3. The summed E-state index contributed by atoms with van der Waals surface area (Å²) in [5, 5.41) is 0.613. The van der Waals surface area contributed by atoms with Crippen molar-refractivity contribution in [2.45, 2.75) is 26.4 Å². The maximum atomic E-state index is 12.3. The number of benzene rings is 1. The van der Waals surface area contributed by atoms with Crippen molar-refractivity contribution in [3.63, 3.8) is 0 Å². The first-order valence-corrected chi connectivity index (χ1v) is 7.72. The van der Waals surface area contributed by atoms with Crippen LogP contribution in [0.15, 0.2) is 24.4 Å². The highest BCUT2D eigenvalue weighted by molar-refractivity contribution is 6.30. The lowest BCUT2D eigenvalue weighted by molar-refractivity contribution is 0.0764. The molecular formula is C16H18ClN3O2. The van der Waals surface area contributed by atoms with Gasteiger partial charge in [0.05, 0.1) is 25.7 Å². The minimum absolute atomic E-state index is 0.00682. The largest absolute Gasteiger partial charge is 0.496 e. The summed E-state index contributed by atoms with van der Waals surface area (Å²) in [5.74, 6) is 1.16. The number of carbonyl (C=O) groups is 1. The Kier molecular flexibility index (Phi) is 4.07. The minimum atomic E-state index is -0.00682. The molecule has 3 rings (SSSR count). The number of carbonyl (C=O) groups excluding carboxylic acids is 1. The number of rotatable bonds is 5. The fourth-order valence-electron chi connectivity index (χ4n) is 2.68. The van der Waals surface area contributed by atoms with E-state index in [9.17, 15) is 4.79 Å². The fraction of sp³-hybridized carbons (Fsp3) is 0.375. The van der Waals surface area contributed by atoms with Crippen LogP contribution in [0.3, 0.4) is 0 Å². The van der Waals surface area contributed by atoms with Crippen molar-refractivity contribution >= 4 is 17.5 Å². The molecule has 0 bridgehead atoms. The normalized spacial score (nSPS) is 13.6. The van der Waals surface area contributed by atoms with Crippen LogP contribution in [-0.2, 0) is 6.67 Å². The van der Waals surface area contributed by atoms with Crippen LogP contribution < -0.4 is 4.74 Å². The Bertz CT molecular complexity index is 711. The van der Waals surface area contributed by atoms with Crippen LogP contribution in [0.1, 0.15) is 30.4 Å². The Labute approximate surface area is 134 Å². The van der Waals surface area contributed by atoms with Gasteiger partial charge in [-0.15, -0.1) is 0 Å². The van der Waals surface area contributed by atoms with E-state index in [1.54, 1.807) is 19.4 Å². The molecular weight excluding hydrogens is 302 g/mol. The molecule has 1 aliphatic rings. The van der Waals surface area contributed by atoms with Crippen LogP contribution >= 0.6 is 11.6 Å². The van der Waals surface area contributed by atoms with Crippen LogP contribution in [0.2, 0.25) is 5.02 Å². The summed E-state index contributed by atoms with van der Waals surface area (Å²) in [7, 11) is 1.61. The number of aromatic nitrogens is 2. The first-order chi connectivity index (χ1) is 10.7. The van der Waals surface area contributed by atoms with Gasteiger partial charge in [-0.1, -0.05) is 24.9 Å². The molecule has 1 aromatic carbocycles. The standard InChI is InChI=1S/C16H18ClN3O2/c1-3-4-7-19-10-20-13(9-18-15(20)16(19)21)12-6-5-11(17)8-14(12)22-2/h5-6,8-9H,3-4,7,10H2,1-2H3. The second kappa shape index (κ2) is 6.01. The second-order valence-corrected chi connectivity index (χ2v) is 5.74. The topological polar surface area (TPSA) is 47.4 Å². The van der Waals surface area contributed by atoms with Gasteiger partial charge in [-0.2, -0.15) is 0 Å². The third-order valence-corrected chi connectivity index (χ3v) is 4.10. The van der Waals surface area contributed by atoms with Crippen molar-refractivity contribution in [3.05, 3.63) is 35.2 Å². The maximum absolute atomic E-state index is 12.3. The van der Waals surface area contributed by atoms with E-state index in [1.807, 2.05) is 21.6 Å². The van der Waals surface area contributed by atoms with Gasteiger partial charge in [0.1, 0.15) is 5.75 Å². The summed E-state index contributed by atoms with van der Waals surface area (Å²) < 4.78 is 7.34. The SMILES string of the molecule is CCCCN1Cn2c(-c3ccc(Cl)cc3OC)cnc2C1=O. The van der Waals surface area contributed by atoms with Gasteiger partial charge in [0.15, 0.2) is 0 Å². The van der Waals surface area contributed by atoms with Gasteiger partial charge < -0.3 is 14.2 Å². The van der Waals surface area contributed by atoms with E-state index in [-0.39, 0.29) is 5.91 Å². The van der Waals surface area contributed by atoms with Gasteiger partial charge in [0, 0.05) is 17.1 Å². The quantitative estimate of drug-likeness (QED) is 0.848. The Morgan fingerprint density at radius 1 is 1.41 bits per heavy atom. The number of amides is 1. The number of imidazole rings is 1. The van der Waals surface area contributed by atoms with Gasteiger partial charge in [-0.25, -0.2) is 4.98 Å². The molecule has 1 amide bonds. The molecule has 116 valence electrons. The van der Waals surface area contributed by atoms with Gasteiger partial charge in [0.2, 0.25) is 5.82 Å². The van der Waals surface area contributed by atoms with Gasteiger partial charge in [-0.05, 0) is 24.6 Å². The summed E-state index contributed by atoms with van der Waals surface area (Å²) in [4.78, 5) is 18.5. The third-order valence-electron chi connectivity index (χ3n) is 3.87. The number of ether oxygens (including phenoxy) is 1. The molecule has 0 N–H and O–H groups in total. The highest BCUT2D eigenvalue weighted by Crippen LogP contribution is 2.34. The van der Waals surface area contributed by atoms with Gasteiger partial charge in [0.25, 0.3) is 5.91 Å². The fourth-order valence-corrected chi connectivity index (χ4v) is 2.84. The molecule has 0 unspecified atom stereocenters. The number of hydrogen-bond acceptors (Lipinski definition) is 3. The van der Waals surface area contributed by atoms with Crippen molar-refractivity contribution in [1.82, 2.24) is 14.5 Å². The lowest BCUT2D eigenvalue weighted by Crippen LogP contribution is -2.25. The van der Waals surface area contributed by atoms with Gasteiger partial charge >= 0.3 is 0 Å². The summed E-state index contributed by atoms with van der Waals surface area (Å²) in [6, 6.07) is 5.47. The van der Waals surface area contributed by atoms with Crippen LogP contribution in [0.25, 0.3) is 11.3 Å². The predicted octanol–water partition coefficient (Wildman–Crippen LogP) is 3.43. The number of fused-ring (bicyclic) bond motifs is 1. The minimum Gasteiger partial charge on any atom is -0.496 e. The van der Waals surface area contributed by atoms with Crippen molar-refractivity contribution in [1.29, 1.82) is 0 Å². The first kappa shape index (κ1) is 14.9. The maximum Gasteiger partial charge on any atom is 0.291 e. The predicted molar refractivity (Wildman–Crippen MR) is 85.2 cm³/mol. The zero-order valence-corrected chi connectivity index (χ0v) is 13.4. The molecule has 5 nitrogen and oxygen atoms in total. The van der Waals surface area contributed by atoms with Crippen molar-refractivity contribution in [3.8, 4) is 17.0 Å². The van der Waals surface area contributed by atoms with Crippen LogP contribution in [0.4, 0.5) is 0 Å². The zero-order valence-electron chi connectivity index (χ0n) is 12.7. The molecule has 6 heteroatoms. The molecule has 0 atom stereocenters. The average molecular weight is 320 g/mol. The van der Waals surface area contributed by atoms with Crippen molar-refractivity contribution in [2.75, 3.05) is 13.7 Å². The smallest absolute Gasteiger partial charge is 0.291 e. The van der Waals surface area contributed by atoms with E-state index in [4.69, 9.17) is 16.3 Å². The monoisotopic (exact) mass is 319 g/mol. The van der Waals surface area contributed by atoms with E-state index in [1.165, 1.54) is 0 Å². The third kappa shape index (κ3) is 2.46. The van der Waals surface area contributed by atoms with E-state index in [2.05, 4.69) is 11.9 Å². The van der Waals surface area contributed by atoms with E-state index < -0.39 is 0 Å². The molecule has 0 radical (unpaired) electrons. The highest BCUT2D eigenvalue weighted by atomic mass is 35.5. The van der Waals surface area contributed by atoms with E-state index in [0.717, 1.165) is 30.6 Å². The number of hydrogen-bond donors (Lipinski definition) is 0. The highest BCUT2D eigenvalue weighted by Gasteiger charge is 2.31. The zero-order chi connectivity index (χ0) is 15.7. The van der Waals surface area contributed by atoms with E-state index >= 15 is 0 Å². The Hall–Kier alpha value is -2.01. The molecule has 0 saturated carbocycles. The molecule has 2 aromatic rings. The molecule has 0 saturated heterocycles. The number of methoxy groups -OCH3 is 1. The lowest BCUT2D eigenvalue weighted by atomic mass is 10.1. The number of unbranched alkanes of at least 4 members (excludes halogenated alkanes) is 1. The Balaban J connectivity index is 1.97. The molecule has 2 heterocycles.